The summed E-state index contributed by atoms with van der Waals surface area (Å²) in [6, 6.07) is 17.0. The average Bonchev–Trinajstić information content (AvgIpc) is 2.70. The van der Waals surface area contributed by atoms with Crippen molar-refractivity contribution in [2.75, 3.05) is 17.7 Å². The second kappa shape index (κ2) is 8.36. The van der Waals surface area contributed by atoms with E-state index < -0.39 is 0 Å². The van der Waals surface area contributed by atoms with Crippen LogP contribution in [0.3, 0.4) is 0 Å². The summed E-state index contributed by atoms with van der Waals surface area (Å²) in [6.07, 6.45) is 2.51. The van der Waals surface area contributed by atoms with Gasteiger partial charge in [-0.3, -0.25) is 4.79 Å². The first kappa shape index (κ1) is 18.5. The van der Waals surface area contributed by atoms with E-state index in [1.807, 2.05) is 6.07 Å². The van der Waals surface area contributed by atoms with Gasteiger partial charge < -0.3 is 15.4 Å². The molecule has 1 amide bonds. The highest BCUT2D eigenvalue weighted by Crippen LogP contribution is 2.24. The summed E-state index contributed by atoms with van der Waals surface area (Å²) in [5, 5.41) is 6.21. The first-order valence-electron chi connectivity index (χ1n) is 8.87. The minimum atomic E-state index is -0.204. The van der Waals surface area contributed by atoms with E-state index in [-0.39, 0.29) is 5.91 Å². The van der Waals surface area contributed by atoms with Crippen LogP contribution < -0.4 is 15.4 Å². The van der Waals surface area contributed by atoms with Crippen LogP contribution in [0.2, 0.25) is 0 Å². The Balaban J connectivity index is 1.70. The van der Waals surface area contributed by atoms with Crippen LogP contribution in [0, 0.1) is 6.92 Å². The number of nitrogens with zero attached hydrogens (tertiary/aromatic N) is 1. The summed E-state index contributed by atoms with van der Waals surface area (Å²) in [4.78, 5) is 16.8. The summed E-state index contributed by atoms with van der Waals surface area (Å²) in [5.41, 5.74) is 4.67. The van der Waals surface area contributed by atoms with Crippen molar-refractivity contribution in [3.05, 3.63) is 77.5 Å². The number of hydrogen-bond acceptors (Lipinski definition) is 4. The molecule has 0 aliphatic heterocycles. The maximum absolute atomic E-state index is 12.4. The highest BCUT2D eigenvalue weighted by molar-refractivity contribution is 6.04. The van der Waals surface area contributed by atoms with Gasteiger partial charge in [0.25, 0.3) is 5.91 Å². The predicted molar refractivity (Wildman–Crippen MR) is 109 cm³/mol. The number of ether oxygens (including phenoxy) is 1. The highest BCUT2D eigenvalue weighted by Gasteiger charge is 2.09. The molecular formula is C22H23N3O2. The number of aryl methyl sites for hydroxylation is 2. The molecule has 0 aliphatic carbocycles. The van der Waals surface area contributed by atoms with Gasteiger partial charge in [0.2, 0.25) is 0 Å². The fourth-order valence-electron chi connectivity index (χ4n) is 2.81. The van der Waals surface area contributed by atoms with Crippen molar-refractivity contribution in [1.82, 2.24) is 4.98 Å². The molecule has 0 unspecified atom stereocenters. The lowest BCUT2D eigenvalue weighted by Crippen LogP contribution is -2.12. The van der Waals surface area contributed by atoms with Crippen molar-refractivity contribution in [3.63, 3.8) is 0 Å². The maximum atomic E-state index is 12.4. The zero-order valence-electron chi connectivity index (χ0n) is 15.7. The van der Waals surface area contributed by atoms with Crippen molar-refractivity contribution < 1.29 is 9.53 Å². The number of anilines is 3. The number of pyridine rings is 1. The van der Waals surface area contributed by atoms with E-state index >= 15 is 0 Å². The van der Waals surface area contributed by atoms with Gasteiger partial charge in [0, 0.05) is 17.6 Å². The number of nitrogens with one attached hydrogen (secondary N) is 2. The third kappa shape index (κ3) is 4.44. The number of aromatic nitrogens is 1. The number of rotatable bonds is 6. The lowest BCUT2D eigenvalue weighted by atomic mass is 10.1. The van der Waals surface area contributed by atoms with Crippen molar-refractivity contribution in [1.29, 1.82) is 0 Å². The Morgan fingerprint density at radius 1 is 1.07 bits per heavy atom. The molecule has 0 atom stereocenters. The molecule has 1 aromatic heterocycles. The van der Waals surface area contributed by atoms with Crippen LogP contribution in [-0.2, 0) is 6.42 Å². The van der Waals surface area contributed by atoms with Crippen LogP contribution in [-0.4, -0.2) is 18.0 Å². The van der Waals surface area contributed by atoms with E-state index in [1.165, 1.54) is 5.56 Å². The molecule has 0 aliphatic rings. The third-order valence-electron chi connectivity index (χ3n) is 4.37. The number of amides is 1. The lowest BCUT2D eigenvalue weighted by molar-refractivity contribution is 0.102. The molecule has 0 spiro atoms. The number of benzene rings is 2. The molecular weight excluding hydrogens is 338 g/mol. The van der Waals surface area contributed by atoms with Crippen molar-refractivity contribution in [2.45, 2.75) is 20.3 Å². The first-order chi connectivity index (χ1) is 13.1. The van der Waals surface area contributed by atoms with Gasteiger partial charge in [0.15, 0.2) is 0 Å². The Hall–Kier alpha value is -3.34. The van der Waals surface area contributed by atoms with E-state index in [9.17, 15) is 4.79 Å². The average molecular weight is 361 g/mol. The van der Waals surface area contributed by atoms with E-state index in [0.29, 0.717) is 17.1 Å². The number of carbonyl (C=O) groups is 1. The molecule has 0 bridgehead atoms. The van der Waals surface area contributed by atoms with Crippen LogP contribution in [0.15, 0.2) is 60.8 Å². The zero-order valence-corrected chi connectivity index (χ0v) is 15.7. The van der Waals surface area contributed by atoms with Crippen LogP contribution >= 0.6 is 0 Å². The molecule has 5 heteroatoms. The molecule has 0 fully saturated rings. The van der Waals surface area contributed by atoms with Crippen molar-refractivity contribution >= 4 is 23.1 Å². The number of hydrogen-bond donors (Lipinski definition) is 2. The molecule has 0 saturated heterocycles. The number of carbonyl (C=O) groups excluding carboxylic acids is 1. The van der Waals surface area contributed by atoms with Gasteiger partial charge >= 0.3 is 0 Å². The second-order valence-corrected chi connectivity index (χ2v) is 6.20. The van der Waals surface area contributed by atoms with Gasteiger partial charge in [-0.2, -0.15) is 0 Å². The molecule has 5 nitrogen and oxygen atoms in total. The molecule has 0 saturated carbocycles. The monoisotopic (exact) mass is 361 g/mol. The Morgan fingerprint density at radius 3 is 2.48 bits per heavy atom. The van der Waals surface area contributed by atoms with Gasteiger partial charge in [-0.15, -0.1) is 0 Å². The second-order valence-electron chi connectivity index (χ2n) is 6.20. The van der Waals surface area contributed by atoms with Crippen LogP contribution in [0.25, 0.3) is 0 Å². The Morgan fingerprint density at radius 2 is 1.85 bits per heavy atom. The lowest BCUT2D eigenvalue weighted by Gasteiger charge is -2.13. The van der Waals surface area contributed by atoms with Gasteiger partial charge in [0.05, 0.1) is 12.7 Å². The van der Waals surface area contributed by atoms with Gasteiger partial charge in [0.1, 0.15) is 11.6 Å². The van der Waals surface area contributed by atoms with Crippen molar-refractivity contribution in [3.8, 4) is 5.75 Å². The molecule has 27 heavy (non-hydrogen) atoms. The Labute approximate surface area is 159 Å². The standard InChI is InChI=1S/C22H23N3O2/c1-4-16-7-5-6-15(2)21(16)25-20-13-8-17(14-23-20)22(26)24-18-9-11-19(27-3)12-10-18/h5-14H,4H2,1-3H3,(H,23,25)(H,24,26). The van der Waals surface area contributed by atoms with E-state index in [4.69, 9.17) is 4.74 Å². The Kier molecular flexibility index (Phi) is 5.71. The summed E-state index contributed by atoms with van der Waals surface area (Å²) in [5.74, 6) is 1.25. The van der Waals surface area contributed by atoms with Crippen LogP contribution in [0.1, 0.15) is 28.4 Å². The summed E-state index contributed by atoms with van der Waals surface area (Å²) in [7, 11) is 1.61. The van der Waals surface area contributed by atoms with Gasteiger partial charge in [-0.1, -0.05) is 25.1 Å². The van der Waals surface area contributed by atoms with Crippen molar-refractivity contribution in [2.24, 2.45) is 0 Å². The highest BCUT2D eigenvalue weighted by atomic mass is 16.5. The zero-order chi connectivity index (χ0) is 19.2. The maximum Gasteiger partial charge on any atom is 0.257 e. The fourth-order valence-corrected chi connectivity index (χ4v) is 2.81. The van der Waals surface area contributed by atoms with Gasteiger partial charge in [-0.25, -0.2) is 4.98 Å². The molecule has 2 aromatic carbocycles. The summed E-state index contributed by atoms with van der Waals surface area (Å²) < 4.78 is 5.12. The molecule has 1 heterocycles. The van der Waals surface area contributed by atoms with Crippen LogP contribution in [0.5, 0.6) is 5.75 Å². The summed E-state index contributed by atoms with van der Waals surface area (Å²) >= 11 is 0. The third-order valence-corrected chi connectivity index (χ3v) is 4.37. The fraction of sp³-hybridized carbons (Fsp3) is 0.182. The SMILES string of the molecule is CCc1cccc(C)c1Nc1ccc(C(=O)Nc2ccc(OC)cc2)cn1. The quantitative estimate of drug-likeness (QED) is 0.651. The largest absolute Gasteiger partial charge is 0.497 e. The number of para-hydroxylation sites is 1. The summed E-state index contributed by atoms with van der Waals surface area (Å²) in [6.45, 7) is 4.19. The van der Waals surface area contributed by atoms with E-state index in [2.05, 4.69) is 47.7 Å². The smallest absolute Gasteiger partial charge is 0.257 e. The molecule has 0 radical (unpaired) electrons. The Bertz CT molecular complexity index is 919. The van der Waals surface area contributed by atoms with E-state index in [0.717, 1.165) is 23.4 Å². The molecule has 138 valence electrons. The molecule has 3 aromatic rings. The minimum Gasteiger partial charge on any atom is -0.497 e. The normalized spacial score (nSPS) is 10.3. The topological polar surface area (TPSA) is 63.2 Å². The molecule has 2 N–H and O–H groups in total. The predicted octanol–water partition coefficient (Wildman–Crippen LogP) is 4.96. The van der Waals surface area contributed by atoms with Gasteiger partial charge in [-0.05, 0) is 60.9 Å². The van der Waals surface area contributed by atoms with Crippen LogP contribution in [0.4, 0.5) is 17.2 Å². The molecule has 3 rings (SSSR count). The number of methoxy groups -OCH3 is 1. The van der Waals surface area contributed by atoms with E-state index in [1.54, 1.807) is 43.6 Å². The first-order valence-corrected chi connectivity index (χ1v) is 8.87. The minimum absolute atomic E-state index is 0.204.